The fourth-order valence-corrected chi connectivity index (χ4v) is 2.08. The zero-order chi connectivity index (χ0) is 10.4. The zero-order valence-electron chi connectivity index (χ0n) is 9.22. The molecule has 2 aliphatic carbocycles. The fourth-order valence-electron chi connectivity index (χ4n) is 2.08. The number of carbonyl (C=O) groups is 1. The summed E-state index contributed by atoms with van der Waals surface area (Å²) < 4.78 is 0. The van der Waals surface area contributed by atoms with Crippen LogP contribution < -0.4 is 0 Å². The van der Waals surface area contributed by atoms with Crippen LogP contribution in [0, 0.1) is 0 Å². The number of carbonyl (C=O) groups excluding carboxylic acids is 1. The second-order valence-electron chi connectivity index (χ2n) is 4.80. The third-order valence-electron chi connectivity index (χ3n) is 3.09. The molecule has 2 nitrogen and oxygen atoms in total. The molecule has 2 rings (SSSR count). The van der Waals surface area contributed by atoms with E-state index in [2.05, 4.69) is 0 Å². The summed E-state index contributed by atoms with van der Waals surface area (Å²) in [6.45, 7) is 1.92. The van der Waals surface area contributed by atoms with Crippen LogP contribution in [-0.2, 0) is 4.79 Å². The SMILES string of the molecule is CC1(O)CCCC1.O=C1CCCCC1. The first-order valence-corrected chi connectivity index (χ1v) is 5.84. The molecule has 82 valence electrons. The number of rotatable bonds is 0. The van der Waals surface area contributed by atoms with E-state index in [1.54, 1.807) is 0 Å². The van der Waals surface area contributed by atoms with E-state index in [1.807, 2.05) is 6.92 Å². The van der Waals surface area contributed by atoms with E-state index in [4.69, 9.17) is 0 Å². The summed E-state index contributed by atoms with van der Waals surface area (Å²) in [5, 5.41) is 9.19. The monoisotopic (exact) mass is 198 g/mol. The van der Waals surface area contributed by atoms with E-state index >= 15 is 0 Å². The molecule has 14 heavy (non-hydrogen) atoms. The van der Waals surface area contributed by atoms with Crippen LogP contribution >= 0.6 is 0 Å². The van der Waals surface area contributed by atoms with Gasteiger partial charge in [0, 0.05) is 12.8 Å². The van der Waals surface area contributed by atoms with Gasteiger partial charge >= 0.3 is 0 Å². The first kappa shape index (κ1) is 11.7. The van der Waals surface area contributed by atoms with Gasteiger partial charge in [0.1, 0.15) is 5.78 Å². The summed E-state index contributed by atoms with van der Waals surface area (Å²) in [7, 11) is 0. The van der Waals surface area contributed by atoms with Crippen LogP contribution in [-0.4, -0.2) is 16.5 Å². The van der Waals surface area contributed by atoms with Crippen molar-refractivity contribution in [2.45, 2.75) is 70.3 Å². The average Bonchev–Trinajstić information content (AvgIpc) is 2.52. The Balaban J connectivity index is 0.000000140. The Morgan fingerprint density at radius 1 is 1.00 bits per heavy atom. The third-order valence-corrected chi connectivity index (χ3v) is 3.09. The molecule has 1 N–H and O–H groups in total. The minimum absolute atomic E-state index is 0.306. The van der Waals surface area contributed by atoms with Crippen LogP contribution in [0.1, 0.15) is 64.7 Å². The van der Waals surface area contributed by atoms with E-state index in [1.165, 1.54) is 19.3 Å². The molecule has 0 heterocycles. The Morgan fingerprint density at radius 3 is 1.71 bits per heavy atom. The molecule has 2 saturated carbocycles. The van der Waals surface area contributed by atoms with Crippen LogP contribution in [0.4, 0.5) is 0 Å². The van der Waals surface area contributed by atoms with Crippen molar-refractivity contribution in [3.05, 3.63) is 0 Å². The van der Waals surface area contributed by atoms with Crippen molar-refractivity contribution >= 4 is 5.78 Å². The lowest BCUT2D eigenvalue weighted by Crippen LogP contribution is -2.17. The lowest BCUT2D eigenvalue weighted by Gasteiger charge is -2.12. The van der Waals surface area contributed by atoms with Crippen molar-refractivity contribution in [3.8, 4) is 0 Å². The summed E-state index contributed by atoms with van der Waals surface area (Å²) in [5.74, 6) is 0.464. The lowest BCUT2D eigenvalue weighted by molar-refractivity contribution is -0.120. The van der Waals surface area contributed by atoms with Crippen LogP contribution in [0.3, 0.4) is 0 Å². The molecule has 0 aromatic heterocycles. The number of aliphatic hydroxyl groups is 1. The topological polar surface area (TPSA) is 37.3 Å². The van der Waals surface area contributed by atoms with Crippen molar-refractivity contribution in [2.75, 3.05) is 0 Å². The van der Waals surface area contributed by atoms with Gasteiger partial charge in [0.05, 0.1) is 5.60 Å². The minimum Gasteiger partial charge on any atom is -0.390 e. The van der Waals surface area contributed by atoms with Crippen molar-refractivity contribution in [2.24, 2.45) is 0 Å². The number of hydrogen-bond donors (Lipinski definition) is 1. The van der Waals surface area contributed by atoms with E-state index < -0.39 is 0 Å². The molecule has 0 aliphatic heterocycles. The van der Waals surface area contributed by atoms with Crippen molar-refractivity contribution in [3.63, 3.8) is 0 Å². The van der Waals surface area contributed by atoms with Crippen molar-refractivity contribution in [1.29, 1.82) is 0 Å². The Bertz CT molecular complexity index is 169. The molecule has 0 aromatic rings. The molecule has 0 bridgehead atoms. The van der Waals surface area contributed by atoms with Gasteiger partial charge in [-0.05, 0) is 32.6 Å². The maximum Gasteiger partial charge on any atom is 0.132 e. The van der Waals surface area contributed by atoms with Gasteiger partial charge in [-0.3, -0.25) is 4.79 Å². The van der Waals surface area contributed by atoms with Crippen LogP contribution in [0.2, 0.25) is 0 Å². The van der Waals surface area contributed by atoms with Gasteiger partial charge in [0.15, 0.2) is 0 Å². The van der Waals surface area contributed by atoms with E-state index in [9.17, 15) is 9.90 Å². The first-order valence-electron chi connectivity index (χ1n) is 5.84. The molecule has 2 fully saturated rings. The highest BCUT2D eigenvalue weighted by atomic mass is 16.3. The first-order chi connectivity index (χ1) is 6.60. The molecule has 0 spiro atoms. The second-order valence-corrected chi connectivity index (χ2v) is 4.80. The number of hydrogen-bond acceptors (Lipinski definition) is 2. The van der Waals surface area contributed by atoms with Gasteiger partial charge < -0.3 is 5.11 Å². The van der Waals surface area contributed by atoms with Crippen LogP contribution in [0.5, 0.6) is 0 Å². The Hall–Kier alpha value is -0.370. The standard InChI is InChI=1S/C6H12O.C6H10O/c1-6(7)4-2-3-5-6;7-6-4-2-1-3-5-6/h7H,2-5H2,1H3;1-5H2. The van der Waals surface area contributed by atoms with Gasteiger partial charge in [-0.25, -0.2) is 0 Å². The Morgan fingerprint density at radius 2 is 1.50 bits per heavy atom. The average molecular weight is 198 g/mol. The predicted molar refractivity (Wildman–Crippen MR) is 57.2 cm³/mol. The molecule has 0 unspecified atom stereocenters. The minimum atomic E-state index is -0.306. The smallest absolute Gasteiger partial charge is 0.132 e. The molecular weight excluding hydrogens is 176 g/mol. The maximum atomic E-state index is 10.5. The molecule has 0 amide bonds. The highest BCUT2D eigenvalue weighted by Gasteiger charge is 2.24. The molecule has 2 aliphatic rings. The van der Waals surface area contributed by atoms with E-state index in [0.717, 1.165) is 38.5 Å². The molecule has 2 heteroatoms. The number of ketones is 1. The van der Waals surface area contributed by atoms with Gasteiger partial charge in [0.2, 0.25) is 0 Å². The summed E-state index contributed by atoms with van der Waals surface area (Å²) >= 11 is 0. The van der Waals surface area contributed by atoms with Crippen molar-refractivity contribution in [1.82, 2.24) is 0 Å². The van der Waals surface area contributed by atoms with E-state index in [0.29, 0.717) is 5.78 Å². The van der Waals surface area contributed by atoms with Gasteiger partial charge in [0.25, 0.3) is 0 Å². The fraction of sp³-hybridized carbons (Fsp3) is 0.917. The van der Waals surface area contributed by atoms with Crippen molar-refractivity contribution < 1.29 is 9.90 Å². The van der Waals surface area contributed by atoms with Crippen LogP contribution in [0.25, 0.3) is 0 Å². The summed E-state index contributed by atoms with van der Waals surface area (Å²) in [5.41, 5.74) is -0.306. The van der Waals surface area contributed by atoms with Gasteiger partial charge in [-0.2, -0.15) is 0 Å². The summed E-state index contributed by atoms with van der Waals surface area (Å²) in [6, 6.07) is 0. The molecule has 0 aromatic carbocycles. The summed E-state index contributed by atoms with van der Waals surface area (Å²) in [4.78, 5) is 10.5. The van der Waals surface area contributed by atoms with Gasteiger partial charge in [-0.1, -0.05) is 19.3 Å². The Labute approximate surface area is 86.7 Å². The molecule has 0 radical (unpaired) electrons. The highest BCUT2D eigenvalue weighted by Crippen LogP contribution is 2.27. The van der Waals surface area contributed by atoms with E-state index in [-0.39, 0.29) is 5.60 Å². The predicted octanol–water partition coefficient (Wildman–Crippen LogP) is 2.83. The molecule has 0 saturated heterocycles. The normalized spacial score (nSPS) is 25.4. The quantitative estimate of drug-likeness (QED) is 0.650. The lowest BCUT2D eigenvalue weighted by atomic mass is 10.00. The number of Topliss-reactive ketones (excluding diaryl/α,β-unsaturated/α-hetero) is 1. The Kier molecular flexibility index (Phi) is 4.59. The van der Waals surface area contributed by atoms with Gasteiger partial charge in [-0.15, -0.1) is 0 Å². The second kappa shape index (κ2) is 5.50. The molecular formula is C12H22O2. The largest absolute Gasteiger partial charge is 0.390 e. The highest BCUT2D eigenvalue weighted by molar-refractivity contribution is 5.78. The third kappa shape index (κ3) is 4.75. The maximum absolute atomic E-state index is 10.5. The molecule has 0 atom stereocenters. The summed E-state index contributed by atoms with van der Waals surface area (Å²) in [6.07, 6.45) is 9.68. The van der Waals surface area contributed by atoms with Crippen LogP contribution in [0.15, 0.2) is 0 Å². The zero-order valence-corrected chi connectivity index (χ0v) is 9.22.